The van der Waals surface area contributed by atoms with Crippen molar-refractivity contribution in [2.45, 2.75) is 13.5 Å². The number of carbonyl (C=O) groups excluding carboxylic acids is 1. The molecule has 3 aromatic heterocycles. The topological polar surface area (TPSA) is 98.2 Å². The molecule has 5 rings (SSSR count). The van der Waals surface area contributed by atoms with Gasteiger partial charge in [-0.2, -0.15) is 0 Å². The van der Waals surface area contributed by atoms with Crippen LogP contribution in [0.25, 0.3) is 28.6 Å². The number of nitrogens with one attached hydrogen (secondary N) is 1. The maximum absolute atomic E-state index is 12.5. The summed E-state index contributed by atoms with van der Waals surface area (Å²) in [7, 11) is 0. The molecule has 1 N–H and O–H groups in total. The van der Waals surface area contributed by atoms with Gasteiger partial charge in [0.1, 0.15) is 0 Å². The summed E-state index contributed by atoms with van der Waals surface area (Å²) in [4.78, 5) is 12.5. The fourth-order valence-electron chi connectivity index (χ4n) is 3.19. The lowest BCUT2D eigenvalue weighted by Gasteiger charge is -2.05. The van der Waals surface area contributed by atoms with Gasteiger partial charge in [-0.25, -0.2) is 0 Å². The van der Waals surface area contributed by atoms with Gasteiger partial charge in [0.25, 0.3) is 5.91 Å². The van der Waals surface area contributed by atoms with Gasteiger partial charge in [0.15, 0.2) is 11.5 Å². The van der Waals surface area contributed by atoms with Gasteiger partial charge in [0.05, 0.1) is 6.54 Å². The summed E-state index contributed by atoms with van der Waals surface area (Å²) in [5, 5.41) is 19.3. The Balaban J connectivity index is 1.27. The van der Waals surface area contributed by atoms with E-state index >= 15 is 0 Å². The number of pyridine rings is 1. The summed E-state index contributed by atoms with van der Waals surface area (Å²) in [5.41, 5.74) is 4.03. The molecule has 0 radical (unpaired) electrons. The Labute approximate surface area is 177 Å². The molecule has 0 bridgehead atoms. The Morgan fingerprint density at radius 3 is 2.26 bits per heavy atom. The third-order valence-electron chi connectivity index (χ3n) is 4.91. The van der Waals surface area contributed by atoms with Gasteiger partial charge in [0.2, 0.25) is 11.8 Å². The van der Waals surface area contributed by atoms with Crippen LogP contribution in [0.4, 0.5) is 0 Å². The third-order valence-corrected chi connectivity index (χ3v) is 4.91. The highest BCUT2D eigenvalue weighted by molar-refractivity contribution is 5.94. The number of aryl methyl sites for hydroxylation is 1. The van der Waals surface area contributed by atoms with Crippen molar-refractivity contribution in [3.8, 4) is 22.9 Å². The Morgan fingerprint density at radius 2 is 1.55 bits per heavy atom. The van der Waals surface area contributed by atoms with Crippen LogP contribution in [0.3, 0.4) is 0 Å². The zero-order valence-electron chi connectivity index (χ0n) is 16.7. The number of fused-ring (bicyclic) bond motifs is 1. The molecule has 31 heavy (non-hydrogen) atoms. The summed E-state index contributed by atoms with van der Waals surface area (Å²) in [6.45, 7) is 2.30. The summed E-state index contributed by atoms with van der Waals surface area (Å²) in [6, 6.07) is 20.5. The van der Waals surface area contributed by atoms with E-state index in [0.29, 0.717) is 23.2 Å². The predicted molar refractivity (Wildman–Crippen MR) is 114 cm³/mol. The number of benzene rings is 2. The first-order valence-corrected chi connectivity index (χ1v) is 9.75. The van der Waals surface area contributed by atoms with Crippen LogP contribution in [0, 0.1) is 6.92 Å². The number of carbonyl (C=O) groups is 1. The predicted octanol–water partition coefficient (Wildman–Crippen LogP) is 3.68. The summed E-state index contributed by atoms with van der Waals surface area (Å²) in [6.07, 6.45) is 1.86. The Hall–Kier alpha value is -4.33. The van der Waals surface area contributed by atoms with Crippen molar-refractivity contribution in [3.05, 3.63) is 89.9 Å². The molecule has 0 atom stereocenters. The van der Waals surface area contributed by atoms with Crippen LogP contribution >= 0.6 is 0 Å². The van der Waals surface area contributed by atoms with Crippen LogP contribution < -0.4 is 5.32 Å². The monoisotopic (exact) mass is 410 g/mol. The van der Waals surface area contributed by atoms with E-state index in [-0.39, 0.29) is 12.5 Å². The van der Waals surface area contributed by atoms with Crippen LogP contribution in [0.5, 0.6) is 0 Å². The van der Waals surface area contributed by atoms with Crippen molar-refractivity contribution >= 4 is 11.6 Å². The van der Waals surface area contributed by atoms with Gasteiger partial charge < -0.3 is 9.73 Å². The molecule has 0 aliphatic heterocycles. The number of nitrogens with zero attached hydrogens (tertiary/aromatic N) is 5. The Morgan fingerprint density at radius 1 is 0.871 bits per heavy atom. The van der Waals surface area contributed by atoms with E-state index in [9.17, 15) is 4.79 Å². The number of hydrogen-bond donors (Lipinski definition) is 1. The molecule has 0 fully saturated rings. The first-order chi connectivity index (χ1) is 15.2. The number of hydrogen-bond acceptors (Lipinski definition) is 6. The molecule has 0 aliphatic rings. The fraction of sp³-hybridized carbons (Fsp3) is 0.0870. The van der Waals surface area contributed by atoms with E-state index < -0.39 is 0 Å². The Kier molecular flexibility index (Phi) is 4.72. The molecule has 5 aromatic rings. The minimum absolute atomic E-state index is 0.204. The van der Waals surface area contributed by atoms with Crippen LogP contribution in [0.1, 0.15) is 21.7 Å². The number of amides is 1. The number of rotatable bonds is 5. The largest absolute Gasteiger partial charge is 0.416 e. The lowest BCUT2D eigenvalue weighted by molar-refractivity contribution is 0.0950. The SMILES string of the molecule is Cc1ccc(-c2nnc(-c3ccc(C(=O)NCc4nnc5ccccn45)cc3)o2)cc1. The van der Waals surface area contributed by atoms with Crippen LogP contribution in [-0.2, 0) is 6.54 Å². The van der Waals surface area contributed by atoms with Gasteiger partial charge in [0, 0.05) is 22.9 Å². The quantitative estimate of drug-likeness (QED) is 0.475. The van der Waals surface area contributed by atoms with Crippen LogP contribution in [0.2, 0.25) is 0 Å². The van der Waals surface area contributed by atoms with E-state index in [1.165, 1.54) is 0 Å². The highest BCUT2D eigenvalue weighted by Gasteiger charge is 2.13. The normalized spacial score (nSPS) is 11.0. The second kappa shape index (κ2) is 7.83. The van der Waals surface area contributed by atoms with Crippen molar-refractivity contribution in [1.82, 2.24) is 30.1 Å². The maximum Gasteiger partial charge on any atom is 0.251 e. The minimum atomic E-state index is -0.204. The van der Waals surface area contributed by atoms with Crippen molar-refractivity contribution < 1.29 is 9.21 Å². The average Bonchev–Trinajstić information content (AvgIpc) is 3.46. The van der Waals surface area contributed by atoms with Crippen molar-refractivity contribution in [2.75, 3.05) is 0 Å². The molecule has 8 nitrogen and oxygen atoms in total. The molecule has 8 heteroatoms. The van der Waals surface area contributed by atoms with Crippen LogP contribution in [0.15, 0.2) is 77.3 Å². The summed E-state index contributed by atoms with van der Waals surface area (Å²) >= 11 is 0. The minimum Gasteiger partial charge on any atom is -0.416 e. The van der Waals surface area contributed by atoms with Crippen molar-refractivity contribution in [3.63, 3.8) is 0 Å². The zero-order chi connectivity index (χ0) is 21.2. The zero-order valence-corrected chi connectivity index (χ0v) is 16.7. The smallest absolute Gasteiger partial charge is 0.251 e. The highest BCUT2D eigenvalue weighted by atomic mass is 16.4. The molecule has 2 aromatic carbocycles. The van der Waals surface area contributed by atoms with Crippen molar-refractivity contribution in [2.24, 2.45) is 0 Å². The lowest BCUT2D eigenvalue weighted by Crippen LogP contribution is -2.23. The molecular formula is C23H18N6O2. The third kappa shape index (κ3) is 3.78. The molecular weight excluding hydrogens is 392 g/mol. The van der Waals surface area contributed by atoms with E-state index in [2.05, 4.69) is 25.7 Å². The molecule has 0 saturated carbocycles. The van der Waals surface area contributed by atoms with E-state index in [1.54, 1.807) is 24.3 Å². The van der Waals surface area contributed by atoms with E-state index in [0.717, 1.165) is 22.3 Å². The molecule has 0 unspecified atom stereocenters. The van der Waals surface area contributed by atoms with E-state index in [4.69, 9.17) is 4.42 Å². The second-order valence-electron chi connectivity index (χ2n) is 7.08. The Bertz CT molecular complexity index is 1350. The summed E-state index contributed by atoms with van der Waals surface area (Å²) < 4.78 is 7.63. The van der Waals surface area contributed by atoms with Crippen molar-refractivity contribution in [1.29, 1.82) is 0 Å². The van der Waals surface area contributed by atoms with Gasteiger partial charge in [-0.15, -0.1) is 20.4 Å². The van der Waals surface area contributed by atoms with E-state index in [1.807, 2.05) is 60.0 Å². The maximum atomic E-state index is 12.5. The average molecular weight is 410 g/mol. The fourth-order valence-corrected chi connectivity index (χ4v) is 3.19. The molecule has 152 valence electrons. The van der Waals surface area contributed by atoms with Gasteiger partial charge in [-0.3, -0.25) is 9.20 Å². The highest BCUT2D eigenvalue weighted by Crippen LogP contribution is 2.24. The standard InChI is InChI=1S/C23H18N6O2/c1-15-5-7-17(8-6-15)22-27-28-23(31-22)18-11-9-16(10-12-18)21(30)24-14-20-26-25-19-4-2-3-13-29(19)20/h2-13H,14H2,1H3,(H,24,30). The first-order valence-electron chi connectivity index (χ1n) is 9.75. The first kappa shape index (κ1) is 18.7. The number of aromatic nitrogens is 5. The van der Waals surface area contributed by atoms with Gasteiger partial charge >= 0.3 is 0 Å². The molecule has 0 saturated heterocycles. The second-order valence-corrected chi connectivity index (χ2v) is 7.08. The van der Waals surface area contributed by atoms with Gasteiger partial charge in [-0.05, 0) is 55.5 Å². The molecule has 0 aliphatic carbocycles. The summed E-state index contributed by atoms with van der Waals surface area (Å²) in [5.74, 6) is 1.31. The lowest BCUT2D eigenvalue weighted by atomic mass is 10.1. The van der Waals surface area contributed by atoms with Gasteiger partial charge in [-0.1, -0.05) is 23.8 Å². The molecule has 0 spiro atoms. The molecule has 3 heterocycles. The van der Waals surface area contributed by atoms with Crippen LogP contribution in [-0.4, -0.2) is 30.7 Å². The molecule has 1 amide bonds.